The summed E-state index contributed by atoms with van der Waals surface area (Å²) in [4.78, 5) is 17.3. The van der Waals surface area contributed by atoms with Crippen molar-refractivity contribution in [1.82, 2.24) is 15.1 Å². The zero-order chi connectivity index (χ0) is 27.1. The Kier molecular flexibility index (Phi) is 7.09. The molecule has 1 heterocycles. The molecular weight excluding hydrogens is 500 g/mol. The Morgan fingerprint density at radius 3 is 2.74 bits per heavy atom. The molecule has 0 bridgehead atoms. The van der Waals surface area contributed by atoms with E-state index in [-0.39, 0.29) is 41.6 Å². The van der Waals surface area contributed by atoms with Gasteiger partial charge in [0.25, 0.3) is 0 Å². The number of fused-ring (bicyclic) bond motifs is 1. The lowest BCUT2D eigenvalue weighted by atomic mass is 9.92. The van der Waals surface area contributed by atoms with Crippen molar-refractivity contribution in [3.63, 3.8) is 0 Å². The molecular formula is C28H30F4N4O2. The van der Waals surface area contributed by atoms with Crippen LogP contribution in [0.15, 0.2) is 42.5 Å². The molecule has 1 aliphatic heterocycles. The van der Waals surface area contributed by atoms with E-state index in [1.807, 2.05) is 18.2 Å². The van der Waals surface area contributed by atoms with Crippen LogP contribution in [0.3, 0.4) is 0 Å². The maximum absolute atomic E-state index is 13.7. The number of rotatable bonds is 7. The molecule has 2 aliphatic carbocycles. The molecule has 1 saturated heterocycles. The van der Waals surface area contributed by atoms with E-state index in [0.717, 1.165) is 43.5 Å². The van der Waals surface area contributed by atoms with Crippen molar-refractivity contribution in [2.45, 2.75) is 56.0 Å². The quantitative estimate of drug-likeness (QED) is 0.520. The van der Waals surface area contributed by atoms with Gasteiger partial charge < -0.3 is 15.3 Å². The Balaban J connectivity index is 1.31. The zero-order valence-corrected chi connectivity index (χ0v) is 20.8. The molecule has 0 aromatic heterocycles. The molecule has 3 aliphatic rings. The summed E-state index contributed by atoms with van der Waals surface area (Å²) in [6, 6.07) is 12.1. The van der Waals surface area contributed by atoms with Gasteiger partial charge in [-0.1, -0.05) is 18.2 Å². The minimum atomic E-state index is -4.82. The van der Waals surface area contributed by atoms with Gasteiger partial charge in [-0.25, -0.2) is 9.18 Å². The zero-order valence-electron chi connectivity index (χ0n) is 20.8. The number of carbonyl (C=O) groups excluding carboxylic acids is 1. The van der Waals surface area contributed by atoms with E-state index >= 15 is 0 Å². The Morgan fingerprint density at radius 2 is 2.05 bits per heavy atom. The fraction of sp³-hybridized carbons (Fsp3) is 0.500. The van der Waals surface area contributed by atoms with E-state index in [0.29, 0.717) is 31.6 Å². The van der Waals surface area contributed by atoms with Crippen LogP contribution in [-0.2, 0) is 18.1 Å². The first-order valence-corrected chi connectivity index (χ1v) is 12.9. The third-order valence-corrected chi connectivity index (χ3v) is 8.40. The summed E-state index contributed by atoms with van der Waals surface area (Å²) in [5.41, 5.74) is 0.448. The van der Waals surface area contributed by atoms with Crippen molar-refractivity contribution in [1.29, 1.82) is 5.26 Å². The first kappa shape index (κ1) is 26.4. The number of hydrogen-bond acceptors (Lipinski definition) is 4. The van der Waals surface area contributed by atoms with Crippen LogP contribution >= 0.6 is 0 Å². The van der Waals surface area contributed by atoms with Gasteiger partial charge in [0.2, 0.25) is 0 Å². The number of nitrogens with zero attached hydrogens (tertiary/aromatic N) is 3. The average molecular weight is 531 g/mol. The number of nitrogens with one attached hydrogen (secondary N) is 1. The topological polar surface area (TPSA) is 79.6 Å². The number of urea groups is 1. The van der Waals surface area contributed by atoms with E-state index in [4.69, 9.17) is 0 Å². The number of carbonyl (C=O) groups is 1. The lowest BCUT2D eigenvalue weighted by Gasteiger charge is -2.32. The molecule has 2 saturated carbocycles. The fourth-order valence-electron chi connectivity index (χ4n) is 6.34. The number of aliphatic hydroxyl groups is 1. The second-order valence-corrected chi connectivity index (χ2v) is 10.7. The maximum Gasteiger partial charge on any atom is 0.419 e. The van der Waals surface area contributed by atoms with Crippen LogP contribution in [-0.4, -0.2) is 59.3 Å². The molecule has 0 radical (unpaired) electrons. The van der Waals surface area contributed by atoms with E-state index in [2.05, 4.69) is 16.3 Å². The second-order valence-electron chi connectivity index (χ2n) is 10.7. The highest BCUT2D eigenvalue weighted by Crippen LogP contribution is 2.65. The van der Waals surface area contributed by atoms with Gasteiger partial charge in [0, 0.05) is 44.2 Å². The first-order valence-electron chi connectivity index (χ1n) is 12.9. The molecule has 5 rings (SSSR count). The summed E-state index contributed by atoms with van der Waals surface area (Å²) >= 11 is 0. The van der Waals surface area contributed by atoms with Crippen LogP contribution in [0.25, 0.3) is 0 Å². The summed E-state index contributed by atoms with van der Waals surface area (Å²) in [5.74, 6) is -1.12. The SMILES string of the molecule is N#Cc1cccc([C@@]23CCC(N(CCN4CC[C@@H](O)C4)C(=O)NCc4ccc(F)c(C(F)(F)F)c4)[C@@H]2C3)c1. The molecule has 2 aromatic carbocycles. The molecule has 2 aromatic rings. The molecule has 0 spiro atoms. The lowest BCUT2D eigenvalue weighted by Crippen LogP contribution is -2.49. The highest BCUT2D eigenvalue weighted by Gasteiger charge is 2.64. The highest BCUT2D eigenvalue weighted by atomic mass is 19.4. The summed E-state index contributed by atoms with van der Waals surface area (Å²) in [5, 5.41) is 22.0. The molecule has 10 heteroatoms. The van der Waals surface area contributed by atoms with Crippen molar-refractivity contribution >= 4 is 6.03 Å². The molecule has 202 valence electrons. The molecule has 6 nitrogen and oxygen atoms in total. The van der Waals surface area contributed by atoms with Crippen molar-refractivity contribution in [3.8, 4) is 6.07 Å². The Morgan fingerprint density at radius 1 is 1.24 bits per heavy atom. The van der Waals surface area contributed by atoms with Crippen LogP contribution in [0.1, 0.15) is 47.9 Å². The van der Waals surface area contributed by atoms with Gasteiger partial charge in [0.05, 0.1) is 23.3 Å². The van der Waals surface area contributed by atoms with Crippen LogP contribution < -0.4 is 5.32 Å². The third kappa shape index (κ3) is 5.22. The van der Waals surface area contributed by atoms with Crippen LogP contribution in [0.4, 0.5) is 22.4 Å². The Bertz CT molecular complexity index is 1250. The summed E-state index contributed by atoms with van der Waals surface area (Å²) in [6.45, 7) is 2.13. The number of β-amino-alcohol motifs (C(OH)–C–C–N with tert-alkyl or cyclic N) is 1. The Hall–Kier alpha value is -3.16. The molecule has 1 unspecified atom stereocenters. The minimum absolute atomic E-state index is 0.0489. The van der Waals surface area contributed by atoms with Crippen LogP contribution in [0, 0.1) is 23.1 Å². The lowest BCUT2D eigenvalue weighted by molar-refractivity contribution is -0.140. The molecule has 2 N–H and O–H groups in total. The van der Waals surface area contributed by atoms with Crippen LogP contribution in [0.2, 0.25) is 0 Å². The Labute approximate surface area is 218 Å². The van der Waals surface area contributed by atoms with Gasteiger partial charge in [-0.05, 0) is 67.0 Å². The molecule has 3 fully saturated rings. The fourth-order valence-corrected chi connectivity index (χ4v) is 6.34. The normalized spacial score (nSPS) is 26.6. The standard InChI is InChI=1S/C28H30F4N4O2/c29-24-5-4-19(13-22(24)28(30,31)32)16-34-26(38)36(11-10-35-9-7-21(37)17-35)25-6-8-27(14-23(25)27)20-3-1-2-18(12-20)15-33/h1-5,12-13,21,23,25,37H,6-11,14,16-17H2,(H,34,38)/t21-,23+,25?,27+/m1/s1. The van der Waals surface area contributed by atoms with Crippen molar-refractivity contribution < 1.29 is 27.5 Å². The van der Waals surface area contributed by atoms with E-state index < -0.39 is 17.6 Å². The third-order valence-electron chi connectivity index (χ3n) is 8.40. The number of amides is 2. The van der Waals surface area contributed by atoms with Gasteiger partial charge >= 0.3 is 12.2 Å². The first-order chi connectivity index (χ1) is 18.1. The molecule has 4 atom stereocenters. The number of benzene rings is 2. The monoisotopic (exact) mass is 530 g/mol. The summed E-state index contributed by atoms with van der Waals surface area (Å²) in [7, 11) is 0. The van der Waals surface area contributed by atoms with Gasteiger partial charge in [0.1, 0.15) is 5.82 Å². The second kappa shape index (κ2) is 10.2. The molecule has 2 amide bonds. The largest absolute Gasteiger partial charge is 0.419 e. The average Bonchev–Trinajstić information content (AvgIpc) is 3.29. The number of halogens is 4. The van der Waals surface area contributed by atoms with Gasteiger partial charge in [-0.3, -0.25) is 4.90 Å². The number of likely N-dealkylation sites (tertiary alicyclic amines) is 1. The predicted octanol–water partition coefficient (Wildman–Crippen LogP) is 4.41. The van der Waals surface area contributed by atoms with Gasteiger partial charge in [0.15, 0.2) is 0 Å². The summed E-state index contributed by atoms with van der Waals surface area (Å²) in [6.07, 6.45) is -1.94. The number of alkyl halides is 3. The van der Waals surface area contributed by atoms with E-state index in [9.17, 15) is 32.7 Å². The molecule has 38 heavy (non-hydrogen) atoms. The number of nitriles is 1. The highest BCUT2D eigenvalue weighted by molar-refractivity contribution is 5.75. The minimum Gasteiger partial charge on any atom is -0.392 e. The number of aliphatic hydroxyl groups excluding tert-OH is 1. The van der Waals surface area contributed by atoms with Crippen LogP contribution in [0.5, 0.6) is 0 Å². The number of hydrogen-bond donors (Lipinski definition) is 2. The van der Waals surface area contributed by atoms with E-state index in [1.165, 1.54) is 6.07 Å². The van der Waals surface area contributed by atoms with Crippen molar-refractivity contribution in [3.05, 3.63) is 70.5 Å². The van der Waals surface area contributed by atoms with Crippen molar-refractivity contribution in [2.24, 2.45) is 5.92 Å². The smallest absolute Gasteiger partial charge is 0.392 e. The van der Waals surface area contributed by atoms with Gasteiger partial charge in [-0.15, -0.1) is 0 Å². The van der Waals surface area contributed by atoms with E-state index in [1.54, 1.807) is 11.0 Å². The van der Waals surface area contributed by atoms with Crippen molar-refractivity contribution in [2.75, 3.05) is 26.2 Å². The van der Waals surface area contributed by atoms with Gasteiger partial charge in [-0.2, -0.15) is 18.4 Å². The summed E-state index contributed by atoms with van der Waals surface area (Å²) < 4.78 is 53.1. The predicted molar refractivity (Wildman–Crippen MR) is 131 cm³/mol. The maximum atomic E-state index is 13.7.